The summed E-state index contributed by atoms with van der Waals surface area (Å²) in [5, 5.41) is 2.80. The van der Waals surface area contributed by atoms with Gasteiger partial charge in [0.15, 0.2) is 0 Å². The van der Waals surface area contributed by atoms with E-state index in [0.29, 0.717) is 18.5 Å². The van der Waals surface area contributed by atoms with Crippen LogP contribution in [0.4, 0.5) is 0 Å². The fourth-order valence-corrected chi connectivity index (χ4v) is 4.53. The zero-order valence-electron chi connectivity index (χ0n) is 15.5. The predicted molar refractivity (Wildman–Crippen MR) is 99.4 cm³/mol. The van der Waals surface area contributed by atoms with Crippen molar-refractivity contribution in [1.29, 1.82) is 0 Å². The maximum Gasteiger partial charge on any atom is 0.254 e. The van der Waals surface area contributed by atoms with Gasteiger partial charge < -0.3 is 10.2 Å². The standard InChI is InChI=1S/C21H30N2O2/c1-15-12-14-23(20-6-4-3-5-19(15)20)21(25)18-9-7-17(8-10-18)11-13-22-16(2)24/h7-10,15,19-20H,3-6,11-14H2,1-2H3,(H,22,24)/t15-,19+,20+/m0/s1. The number of fused-ring (bicyclic) bond motifs is 1. The van der Waals surface area contributed by atoms with Crippen molar-refractivity contribution in [3.05, 3.63) is 35.4 Å². The Balaban J connectivity index is 1.64. The number of carbonyl (C=O) groups excluding carboxylic acids is 2. The lowest BCUT2D eigenvalue weighted by Crippen LogP contribution is -2.52. The van der Waals surface area contributed by atoms with Gasteiger partial charge in [-0.3, -0.25) is 9.59 Å². The molecular formula is C21H30N2O2. The first-order chi connectivity index (χ1) is 12.1. The van der Waals surface area contributed by atoms with Crippen molar-refractivity contribution in [2.24, 2.45) is 11.8 Å². The summed E-state index contributed by atoms with van der Waals surface area (Å²) in [6, 6.07) is 8.35. The number of piperidine rings is 1. The Kier molecular flexibility index (Phi) is 5.77. The van der Waals surface area contributed by atoms with E-state index in [9.17, 15) is 9.59 Å². The number of nitrogens with one attached hydrogen (secondary N) is 1. The predicted octanol–water partition coefficient (Wildman–Crippen LogP) is 3.41. The molecule has 0 radical (unpaired) electrons. The Morgan fingerprint density at radius 2 is 1.84 bits per heavy atom. The van der Waals surface area contributed by atoms with Gasteiger partial charge in [-0.2, -0.15) is 0 Å². The average molecular weight is 342 g/mol. The monoisotopic (exact) mass is 342 g/mol. The second kappa shape index (κ2) is 8.03. The van der Waals surface area contributed by atoms with Gasteiger partial charge in [-0.05, 0) is 55.2 Å². The van der Waals surface area contributed by atoms with E-state index in [4.69, 9.17) is 0 Å². The Labute approximate surface area is 151 Å². The van der Waals surface area contributed by atoms with Gasteiger partial charge in [0.2, 0.25) is 5.91 Å². The van der Waals surface area contributed by atoms with Gasteiger partial charge in [0, 0.05) is 31.6 Å². The van der Waals surface area contributed by atoms with Gasteiger partial charge in [-0.15, -0.1) is 0 Å². The van der Waals surface area contributed by atoms with E-state index in [1.807, 2.05) is 24.3 Å². The lowest BCUT2D eigenvalue weighted by molar-refractivity contribution is -0.118. The Bertz CT molecular complexity index is 611. The third-order valence-electron chi connectivity index (χ3n) is 5.99. The van der Waals surface area contributed by atoms with E-state index in [2.05, 4.69) is 17.1 Å². The number of amides is 2. The molecule has 4 heteroatoms. The van der Waals surface area contributed by atoms with Crippen LogP contribution >= 0.6 is 0 Å². The zero-order valence-corrected chi connectivity index (χ0v) is 15.5. The summed E-state index contributed by atoms with van der Waals surface area (Å²) < 4.78 is 0. The van der Waals surface area contributed by atoms with E-state index in [1.54, 1.807) is 0 Å². The number of hydrogen-bond donors (Lipinski definition) is 1. The van der Waals surface area contributed by atoms with Crippen LogP contribution in [-0.4, -0.2) is 35.8 Å². The molecule has 3 rings (SSSR count). The molecule has 0 unspecified atom stereocenters. The SMILES string of the molecule is CC(=O)NCCc1ccc(C(=O)N2CC[C@H](C)[C@H]3CCCC[C@H]32)cc1. The molecule has 2 aliphatic rings. The van der Waals surface area contributed by atoms with Crippen LogP contribution in [0.25, 0.3) is 0 Å². The highest BCUT2D eigenvalue weighted by Gasteiger charge is 2.39. The molecule has 1 aromatic carbocycles. The molecule has 1 heterocycles. The minimum absolute atomic E-state index is 0.00633. The van der Waals surface area contributed by atoms with Crippen molar-refractivity contribution in [1.82, 2.24) is 10.2 Å². The molecule has 1 aliphatic carbocycles. The maximum atomic E-state index is 13.0. The van der Waals surface area contributed by atoms with Crippen LogP contribution in [-0.2, 0) is 11.2 Å². The molecule has 2 amide bonds. The van der Waals surface area contributed by atoms with Crippen LogP contribution in [0.1, 0.15) is 61.9 Å². The summed E-state index contributed by atoms with van der Waals surface area (Å²) in [5.74, 6) is 1.61. The molecule has 0 bridgehead atoms. The number of rotatable bonds is 4. The first kappa shape index (κ1) is 18.0. The van der Waals surface area contributed by atoms with Crippen LogP contribution in [0.15, 0.2) is 24.3 Å². The molecule has 1 N–H and O–H groups in total. The largest absolute Gasteiger partial charge is 0.356 e. The number of nitrogens with zero attached hydrogens (tertiary/aromatic N) is 1. The number of benzene rings is 1. The fourth-order valence-electron chi connectivity index (χ4n) is 4.53. The third kappa shape index (κ3) is 4.23. The van der Waals surface area contributed by atoms with Crippen LogP contribution in [0.3, 0.4) is 0 Å². The van der Waals surface area contributed by atoms with Gasteiger partial charge in [-0.25, -0.2) is 0 Å². The Morgan fingerprint density at radius 1 is 1.12 bits per heavy atom. The van der Waals surface area contributed by atoms with Crippen molar-refractivity contribution < 1.29 is 9.59 Å². The second-order valence-corrected chi connectivity index (χ2v) is 7.71. The molecule has 1 aliphatic heterocycles. The van der Waals surface area contributed by atoms with E-state index in [-0.39, 0.29) is 11.8 Å². The molecule has 25 heavy (non-hydrogen) atoms. The van der Waals surface area contributed by atoms with Crippen LogP contribution in [0, 0.1) is 11.8 Å². The Hall–Kier alpha value is -1.84. The highest BCUT2D eigenvalue weighted by Crippen LogP contribution is 2.39. The van der Waals surface area contributed by atoms with E-state index >= 15 is 0 Å². The molecule has 136 valence electrons. The molecule has 1 saturated heterocycles. The highest BCUT2D eigenvalue weighted by atomic mass is 16.2. The average Bonchev–Trinajstić information content (AvgIpc) is 2.62. The quantitative estimate of drug-likeness (QED) is 0.911. The zero-order chi connectivity index (χ0) is 17.8. The van der Waals surface area contributed by atoms with Crippen molar-refractivity contribution >= 4 is 11.8 Å². The molecule has 0 spiro atoms. The summed E-state index contributed by atoms with van der Waals surface area (Å²) in [7, 11) is 0. The minimum Gasteiger partial charge on any atom is -0.356 e. The molecule has 4 nitrogen and oxygen atoms in total. The number of carbonyl (C=O) groups is 2. The molecule has 2 fully saturated rings. The highest BCUT2D eigenvalue weighted by molar-refractivity contribution is 5.94. The van der Waals surface area contributed by atoms with Crippen LogP contribution in [0.5, 0.6) is 0 Å². The van der Waals surface area contributed by atoms with Gasteiger partial charge >= 0.3 is 0 Å². The minimum atomic E-state index is -0.00633. The summed E-state index contributed by atoms with van der Waals surface area (Å²) in [6.45, 7) is 5.41. The summed E-state index contributed by atoms with van der Waals surface area (Å²) in [6.07, 6.45) is 6.92. The van der Waals surface area contributed by atoms with Crippen molar-refractivity contribution in [3.8, 4) is 0 Å². The number of hydrogen-bond acceptors (Lipinski definition) is 2. The third-order valence-corrected chi connectivity index (χ3v) is 5.99. The summed E-state index contributed by atoms with van der Waals surface area (Å²) >= 11 is 0. The summed E-state index contributed by atoms with van der Waals surface area (Å²) in [4.78, 5) is 26.1. The van der Waals surface area contributed by atoms with Crippen molar-refractivity contribution in [2.45, 2.75) is 58.4 Å². The smallest absolute Gasteiger partial charge is 0.254 e. The molecule has 1 saturated carbocycles. The summed E-state index contributed by atoms with van der Waals surface area (Å²) in [5.41, 5.74) is 1.94. The number of likely N-dealkylation sites (tertiary alicyclic amines) is 1. The first-order valence-electron chi connectivity index (χ1n) is 9.70. The Morgan fingerprint density at radius 3 is 2.56 bits per heavy atom. The molecule has 0 aromatic heterocycles. The van der Waals surface area contributed by atoms with E-state index < -0.39 is 0 Å². The first-order valence-corrected chi connectivity index (χ1v) is 9.70. The van der Waals surface area contributed by atoms with Gasteiger partial charge in [0.05, 0.1) is 0 Å². The van der Waals surface area contributed by atoms with Gasteiger partial charge in [-0.1, -0.05) is 31.9 Å². The topological polar surface area (TPSA) is 49.4 Å². The maximum absolute atomic E-state index is 13.0. The molecular weight excluding hydrogens is 312 g/mol. The lowest BCUT2D eigenvalue weighted by atomic mass is 9.72. The lowest BCUT2D eigenvalue weighted by Gasteiger charge is -2.47. The van der Waals surface area contributed by atoms with E-state index in [1.165, 1.54) is 26.2 Å². The molecule has 3 atom stereocenters. The fraction of sp³-hybridized carbons (Fsp3) is 0.619. The van der Waals surface area contributed by atoms with Crippen LogP contribution in [0.2, 0.25) is 0 Å². The van der Waals surface area contributed by atoms with Gasteiger partial charge in [0.1, 0.15) is 0 Å². The van der Waals surface area contributed by atoms with Crippen molar-refractivity contribution in [2.75, 3.05) is 13.1 Å². The second-order valence-electron chi connectivity index (χ2n) is 7.71. The van der Waals surface area contributed by atoms with Crippen molar-refractivity contribution in [3.63, 3.8) is 0 Å². The van der Waals surface area contributed by atoms with Crippen LogP contribution < -0.4 is 5.32 Å². The molecule has 1 aromatic rings. The normalized spacial score (nSPS) is 26.0. The van der Waals surface area contributed by atoms with Gasteiger partial charge in [0.25, 0.3) is 5.91 Å². The van der Waals surface area contributed by atoms with E-state index in [0.717, 1.165) is 42.9 Å².